The first-order valence-electron chi connectivity index (χ1n) is 2.81. The van der Waals surface area contributed by atoms with E-state index in [4.69, 9.17) is 15.3 Å². The van der Waals surface area contributed by atoms with Crippen molar-refractivity contribution >= 4 is 0 Å². The van der Waals surface area contributed by atoms with E-state index < -0.39 is 6.10 Å². The highest BCUT2D eigenvalue weighted by atomic mass is 16.3. The zero-order valence-corrected chi connectivity index (χ0v) is 5.41. The minimum atomic E-state index is -0.504. The SMILES string of the molecule is CC(O)C/C(=C\O)CO. The third-order valence-electron chi connectivity index (χ3n) is 0.943. The van der Waals surface area contributed by atoms with Crippen molar-refractivity contribution in [1.82, 2.24) is 0 Å². The molecule has 0 aromatic rings. The molecular weight excluding hydrogens is 120 g/mol. The molecule has 0 amide bonds. The van der Waals surface area contributed by atoms with Crippen molar-refractivity contribution in [2.45, 2.75) is 19.4 Å². The summed E-state index contributed by atoms with van der Waals surface area (Å²) in [5.41, 5.74) is 0.449. The average molecular weight is 132 g/mol. The van der Waals surface area contributed by atoms with Crippen molar-refractivity contribution in [1.29, 1.82) is 0 Å². The van der Waals surface area contributed by atoms with Crippen molar-refractivity contribution in [3.8, 4) is 0 Å². The predicted molar refractivity (Wildman–Crippen MR) is 34.1 cm³/mol. The number of aliphatic hydroxyl groups excluding tert-OH is 3. The maximum absolute atomic E-state index is 8.72. The highest BCUT2D eigenvalue weighted by Crippen LogP contribution is 2.01. The van der Waals surface area contributed by atoms with Gasteiger partial charge in [-0.25, -0.2) is 0 Å². The Kier molecular flexibility index (Phi) is 4.09. The maximum atomic E-state index is 8.72. The minimum absolute atomic E-state index is 0.193. The Morgan fingerprint density at radius 3 is 2.33 bits per heavy atom. The second kappa shape index (κ2) is 4.35. The van der Waals surface area contributed by atoms with Crippen LogP contribution in [0.2, 0.25) is 0 Å². The fourth-order valence-electron chi connectivity index (χ4n) is 0.538. The van der Waals surface area contributed by atoms with Gasteiger partial charge in [0.1, 0.15) is 0 Å². The third kappa shape index (κ3) is 4.00. The number of hydrogen-bond acceptors (Lipinski definition) is 3. The molecule has 9 heavy (non-hydrogen) atoms. The number of rotatable bonds is 3. The molecule has 0 radical (unpaired) electrons. The molecule has 0 aromatic carbocycles. The molecule has 54 valence electrons. The molecule has 0 saturated heterocycles. The van der Waals surface area contributed by atoms with Crippen LogP contribution in [-0.2, 0) is 0 Å². The smallest absolute Gasteiger partial charge is 0.0807 e. The summed E-state index contributed by atoms with van der Waals surface area (Å²) in [5.74, 6) is 0. The van der Waals surface area contributed by atoms with E-state index in [1.165, 1.54) is 0 Å². The molecule has 1 atom stereocenters. The summed E-state index contributed by atoms with van der Waals surface area (Å²) < 4.78 is 0. The van der Waals surface area contributed by atoms with Crippen LogP contribution in [-0.4, -0.2) is 28.0 Å². The van der Waals surface area contributed by atoms with Crippen LogP contribution in [0.4, 0.5) is 0 Å². The van der Waals surface area contributed by atoms with Gasteiger partial charge in [-0.05, 0) is 18.9 Å². The Hall–Kier alpha value is -0.540. The average Bonchev–Trinajstić information content (AvgIpc) is 1.82. The topological polar surface area (TPSA) is 60.7 Å². The number of aliphatic hydroxyl groups is 3. The van der Waals surface area contributed by atoms with E-state index in [-0.39, 0.29) is 6.61 Å². The van der Waals surface area contributed by atoms with Gasteiger partial charge in [0.05, 0.1) is 19.0 Å². The molecule has 1 unspecified atom stereocenters. The van der Waals surface area contributed by atoms with Crippen LogP contribution in [0.15, 0.2) is 11.8 Å². The second-order valence-electron chi connectivity index (χ2n) is 2.00. The van der Waals surface area contributed by atoms with E-state index in [9.17, 15) is 0 Å². The fourth-order valence-corrected chi connectivity index (χ4v) is 0.538. The molecule has 0 saturated carbocycles. The quantitative estimate of drug-likeness (QED) is 0.480. The van der Waals surface area contributed by atoms with Crippen molar-refractivity contribution in [2.75, 3.05) is 6.61 Å². The van der Waals surface area contributed by atoms with Gasteiger partial charge in [0.2, 0.25) is 0 Å². The first-order chi connectivity index (χ1) is 4.20. The van der Waals surface area contributed by atoms with Crippen LogP contribution in [0, 0.1) is 0 Å². The van der Waals surface area contributed by atoms with Crippen LogP contribution in [0.3, 0.4) is 0 Å². The first kappa shape index (κ1) is 8.46. The van der Waals surface area contributed by atoms with Gasteiger partial charge >= 0.3 is 0 Å². The normalized spacial score (nSPS) is 15.7. The molecule has 0 fully saturated rings. The van der Waals surface area contributed by atoms with Crippen LogP contribution in [0.25, 0.3) is 0 Å². The zero-order valence-electron chi connectivity index (χ0n) is 5.41. The lowest BCUT2D eigenvalue weighted by molar-refractivity contribution is 0.186. The van der Waals surface area contributed by atoms with Gasteiger partial charge < -0.3 is 15.3 Å². The van der Waals surface area contributed by atoms with Gasteiger partial charge in [-0.3, -0.25) is 0 Å². The monoisotopic (exact) mass is 132 g/mol. The maximum Gasteiger partial charge on any atom is 0.0807 e. The highest BCUT2D eigenvalue weighted by Gasteiger charge is 1.99. The van der Waals surface area contributed by atoms with E-state index >= 15 is 0 Å². The summed E-state index contributed by atoms with van der Waals surface area (Å²) in [4.78, 5) is 0. The van der Waals surface area contributed by atoms with E-state index in [2.05, 4.69) is 0 Å². The minimum Gasteiger partial charge on any atom is -0.516 e. The highest BCUT2D eigenvalue weighted by molar-refractivity contribution is 4.97. The van der Waals surface area contributed by atoms with Crippen LogP contribution >= 0.6 is 0 Å². The standard InChI is InChI=1S/C6H12O3/c1-5(9)2-6(3-7)4-8/h3,5,7-9H,2,4H2,1H3/b6-3+. The summed E-state index contributed by atoms with van der Waals surface area (Å²) in [7, 11) is 0. The first-order valence-corrected chi connectivity index (χ1v) is 2.81. The van der Waals surface area contributed by atoms with Crippen LogP contribution in [0.5, 0.6) is 0 Å². The largest absolute Gasteiger partial charge is 0.516 e. The van der Waals surface area contributed by atoms with E-state index in [1.807, 2.05) is 0 Å². The lowest BCUT2D eigenvalue weighted by Crippen LogP contribution is -2.03. The van der Waals surface area contributed by atoms with Gasteiger partial charge in [0, 0.05) is 0 Å². The van der Waals surface area contributed by atoms with Gasteiger partial charge in [-0.15, -0.1) is 0 Å². The van der Waals surface area contributed by atoms with Crippen molar-refractivity contribution in [3.05, 3.63) is 11.8 Å². The summed E-state index contributed by atoms with van der Waals surface area (Å²) >= 11 is 0. The zero-order chi connectivity index (χ0) is 7.28. The Morgan fingerprint density at radius 2 is 2.22 bits per heavy atom. The molecule has 3 heteroatoms. The second-order valence-corrected chi connectivity index (χ2v) is 2.00. The van der Waals surface area contributed by atoms with Crippen molar-refractivity contribution in [2.24, 2.45) is 0 Å². The molecule has 0 aromatic heterocycles. The molecule has 0 bridgehead atoms. The number of hydrogen-bond donors (Lipinski definition) is 3. The molecular formula is C6H12O3. The summed E-state index contributed by atoms with van der Waals surface area (Å²) in [6.07, 6.45) is 0.648. The Labute approximate surface area is 54.3 Å². The van der Waals surface area contributed by atoms with Gasteiger partial charge in [0.15, 0.2) is 0 Å². The lowest BCUT2D eigenvalue weighted by atomic mass is 10.1. The Morgan fingerprint density at radius 1 is 1.67 bits per heavy atom. The predicted octanol–water partition coefficient (Wildman–Crippen LogP) is 0.191. The molecule has 0 aliphatic rings. The molecule has 0 spiro atoms. The van der Waals surface area contributed by atoms with Crippen LogP contribution in [0.1, 0.15) is 13.3 Å². The van der Waals surface area contributed by atoms with E-state index in [0.29, 0.717) is 12.0 Å². The van der Waals surface area contributed by atoms with Crippen molar-refractivity contribution < 1.29 is 15.3 Å². The van der Waals surface area contributed by atoms with E-state index in [1.54, 1.807) is 6.92 Å². The van der Waals surface area contributed by atoms with Gasteiger partial charge in [0.25, 0.3) is 0 Å². The molecule has 0 aliphatic heterocycles. The molecule has 3 N–H and O–H groups in total. The summed E-state index contributed by atoms with van der Waals surface area (Å²) in [6, 6.07) is 0. The summed E-state index contributed by atoms with van der Waals surface area (Å²) in [5, 5.41) is 25.5. The van der Waals surface area contributed by atoms with Crippen LogP contribution < -0.4 is 0 Å². The fraction of sp³-hybridized carbons (Fsp3) is 0.667. The summed E-state index contributed by atoms with van der Waals surface area (Å²) in [6.45, 7) is 1.40. The van der Waals surface area contributed by atoms with Gasteiger partial charge in [-0.1, -0.05) is 0 Å². The molecule has 0 aliphatic carbocycles. The molecule has 3 nitrogen and oxygen atoms in total. The molecule has 0 rings (SSSR count). The molecule has 0 heterocycles. The van der Waals surface area contributed by atoms with E-state index in [0.717, 1.165) is 6.26 Å². The van der Waals surface area contributed by atoms with Gasteiger partial charge in [-0.2, -0.15) is 0 Å². The third-order valence-corrected chi connectivity index (χ3v) is 0.943. The Balaban J connectivity index is 3.58. The van der Waals surface area contributed by atoms with Crippen molar-refractivity contribution in [3.63, 3.8) is 0 Å². The Bertz CT molecular complexity index is 96.5. The lowest BCUT2D eigenvalue weighted by Gasteiger charge is -2.03.